The minimum absolute atomic E-state index is 0.348. The van der Waals surface area contributed by atoms with E-state index in [2.05, 4.69) is 38.5 Å². The molecule has 6 nitrogen and oxygen atoms in total. The van der Waals surface area contributed by atoms with Crippen LogP contribution >= 0.6 is 39.7 Å². The molecular weight excluding hydrogens is 488 g/mol. The monoisotopic (exact) mass is 510 g/mol. The number of aryl methyl sites for hydroxylation is 1. The van der Waals surface area contributed by atoms with Crippen LogP contribution in [0.3, 0.4) is 0 Å². The van der Waals surface area contributed by atoms with Gasteiger partial charge >= 0.3 is 0 Å². The number of hydrogen-bond acceptors (Lipinski definition) is 5. The topological polar surface area (TPSA) is 64.1 Å². The molecule has 30 heavy (non-hydrogen) atoms. The second-order valence-electron chi connectivity index (χ2n) is 6.58. The first-order valence-corrected chi connectivity index (χ1v) is 11.3. The molecule has 0 unspecified atom stereocenters. The maximum absolute atomic E-state index is 6.24. The minimum atomic E-state index is 0.348. The van der Waals surface area contributed by atoms with Gasteiger partial charge in [-0.3, -0.25) is 5.10 Å². The second-order valence-corrected chi connectivity index (χ2v) is 8.23. The van der Waals surface area contributed by atoms with Crippen LogP contribution in [0.5, 0.6) is 11.5 Å². The first kappa shape index (κ1) is 22.7. The van der Waals surface area contributed by atoms with Gasteiger partial charge in [0.15, 0.2) is 17.3 Å². The Labute approximate surface area is 194 Å². The molecule has 1 heterocycles. The molecule has 1 aromatic heterocycles. The SMILES string of the molecule is CCCc1n[nH]c(=S)n1NCc1cc(Br)c(OCc2ccccc2Cl)c(OCC)c1. The molecule has 9 heteroatoms. The van der Waals surface area contributed by atoms with E-state index >= 15 is 0 Å². The van der Waals surface area contributed by atoms with Crippen molar-refractivity contribution in [2.45, 2.75) is 39.8 Å². The number of aromatic nitrogens is 3. The van der Waals surface area contributed by atoms with Crippen LogP contribution in [0.2, 0.25) is 5.02 Å². The summed E-state index contributed by atoms with van der Waals surface area (Å²) in [6, 6.07) is 11.6. The molecule has 2 aromatic carbocycles. The lowest BCUT2D eigenvalue weighted by Gasteiger charge is -2.17. The predicted molar refractivity (Wildman–Crippen MR) is 126 cm³/mol. The first-order valence-electron chi connectivity index (χ1n) is 9.75. The molecule has 0 aliphatic rings. The van der Waals surface area contributed by atoms with E-state index in [4.69, 9.17) is 33.3 Å². The van der Waals surface area contributed by atoms with E-state index in [-0.39, 0.29) is 0 Å². The van der Waals surface area contributed by atoms with Crippen LogP contribution in [0.25, 0.3) is 0 Å². The fraction of sp³-hybridized carbons (Fsp3) is 0.333. The Morgan fingerprint density at radius 3 is 2.77 bits per heavy atom. The summed E-state index contributed by atoms with van der Waals surface area (Å²) < 4.78 is 15.1. The molecule has 0 aliphatic heterocycles. The van der Waals surface area contributed by atoms with Crippen molar-refractivity contribution < 1.29 is 9.47 Å². The van der Waals surface area contributed by atoms with E-state index in [9.17, 15) is 0 Å². The average Bonchev–Trinajstić information content (AvgIpc) is 3.07. The quantitative estimate of drug-likeness (QED) is 0.325. The predicted octanol–water partition coefficient (Wildman–Crippen LogP) is 6.03. The van der Waals surface area contributed by atoms with Crippen LogP contribution in [0.1, 0.15) is 37.2 Å². The first-order chi connectivity index (χ1) is 14.5. The van der Waals surface area contributed by atoms with Crippen LogP contribution in [0, 0.1) is 4.77 Å². The minimum Gasteiger partial charge on any atom is -0.490 e. The number of hydrogen-bond donors (Lipinski definition) is 2. The van der Waals surface area contributed by atoms with Gasteiger partial charge in [-0.05, 0) is 65.3 Å². The molecule has 160 valence electrons. The number of aromatic amines is 1. The third-order valence-corrected chi connectivity index (χ3v) is 5.59. The average molecular weight is 512 g/mol. The smallest absolute Gasteiger partial charge is 0.214 e. The summed E-state index contributed by atoms with van der Waals surface area (Å²) in [6.07, 6.45) is 1.82. The van der Waals surface area contributed by atoms with E-state index < -0.39 is 0 Å². The maximum atomic E-state index is 6.24. The summed E-state index contributed by atoms with van der Waals surface area (Å²) in [5.74, 6) is 2.19. The van der Waals surface area contributed by atoms with Gasteiger partial charge in [-0.2, -0.15) is 5.10 Å². The number of H-pyrrole nitrogens is 1. The summed E-state index contributed by atoms with van der Waals surface area (Å²) in [6.45, 7) is 5.47. The van der Waals surface area contributed by atoms with Gasteiger partial charge in [0, 0.05) is 17.0 Å². The Kier molecular flexibility index (Phi) is 8.18. The van der Waals surface area contributed by atoms with Crippen molar-refractivity contribution in [2.75, 3.05) is 12.0 Å². The van der Waals surface area contributed by atoms with Crippen molar-refractivity contribution >= 4 is 39.7 Å². The molecule has 3 rings (SSSR count). The highest BCUT2D eigenvalue weighted by Crippen LogP contribution is 2.38. The van der Waals surface area contributed by atoms with Crippen LogP contribution in [-0.2, 0) is 19.6 Å². The summed E-state index contributed by atoms with van der Waals surface area (Å²) in [4.78, 5) is 0. The van der Waals surface area contributed by atoms with Crippen molar-refractivity contribution in [1.82, 2.24) is 14.9 Å². The fourth-order valence-corrected chi connectivity index (χ4v) is 3.96. The summed E-state index contributed by atoms with van der Waals surface area (Å²) in [5.41, 5.74) is 5.26. The van der Waals surface area contributed by atoms with E-state index in [1.807, 2.05) is 48.0 Å². The van der Waals surface area contributed by atoms with E-state index in [0.717, 1.165) is 34.3 Å². The van der Waals surface area contributed by atoms with Gasteiger partial charge in [0.05, 0.1) is 17.6 Å². The van der Waals surface area contributed by atoms with Crippen molar-refractivity contribution in [3.63, 3.8) is 0 Å². The third kappa shape index (κ3) is 5.56. The molecule has 0 atom stereocenters. The molecule has 0 bridgehead atoms. The molecule has 0 aliphatic carbocycles. The Balaban J connectivity index is 1.78. The molecule has 0 spiro atoms. The number of nitrogens with zero attached hydrogens (tertiary/aromatic N) is 2. The van der Waals surface area contributed by atoms with Gasteiger partial charge < -0.3 is 14.9 Å². The van der Waals surface area contributed by atoms with Gasteiger partial charge in [0.25, 0.3) is 0 Å². The van der Waals surface area contributed by atoms with Gasteiger partial charge in [0.2, 0.25) is 4.77 Å². The van der Waals surface area contributed by atoms with Crippen LogP contribution in [0.4, 0.5) is 0 Å². The van der Waals surface area contributed by atoms with Crippen molar-refractivity contribution in [3.05, 3.63) is 67.6 Å². The molecule has 0 saturated carbocycles. The van der Waals surface area contributed by atoms with Crippen molar-refractivity contribution in [2.24, 2.45) is 0 Å². The van der Waals surface area contributed by atoms with Crippen LogP contribution in [0.15, 0.2) is 40.9 Å². The van der Waals surface area contributed by atoms with Gasteiger partial charge in [0.1, 0.15) is 6.61 Å². The van der Waals surface area contributed by atoms with E-state index in [0.29, 0.717) is 41.1 Å². The summed E-state index contributed by atoms with van der Waals surface area (Å²) >= 11 is 15.2. The highest BCUT2D eigenvalue weighted by atomic mass is 79.9. The highest BCUT2D eigenvalue weighted by molar-refractivity contribution is 9.10. The fourth-order valence-electron chi connectivity index (χ4n) is 2.95. The number of nitrogens with one attached hydrogen (secondary N) is 2. The second kappa shape index (κ2) is 10.8. The van der Waals surface area contributed by atoms with E-state index in [1.54, 1.807) is 0 Å². The normalized spacial score (nSPS) is 10.8. The Morgan fingerprint density at radius 1 is 1.23 bits per heavy atom. The van der Waals surface area contributed by atoms with Crippen molar-refractivity contribution in [1.29, 1.82) is 0 Å². The van der Waals surface area contributed by atoms with Gasteiger partial charge in [-0.15, -0.1) is 0 Å². The highest BCUT2D eigenvalue weighted by Gasteiger charge is 2.14. The number of benzene rings is 2. The molecule has 3 aromatic rings. The zero-order valence-electron chi connectivity index (χ0n) is 16.9. The number of halogens is 2. The third-order valence-electron chi connectivity index (χ3n) is 4.36. The van der Waals surface area contributed by atoms with Crippen molar-refractivity contribution in [3.8, 4) is 11.5 Å². The lowest BCUT2D eigenvalue weighted by atomic mass is 10.2. The van der Waals surface area contributed by atoms with Crippen LogP contribution < -0.4 is 14.9 Å². The van der Waals surface area contributed by atoms with E-state index in [1.165, 1.54) is 0 Å². The molecule has 0 fully saturated rings. The Hall–Kier alpha value is -2.03. The van der Waals surface area contributed by atoms with Gasteiger partial charge in [-0.25, -0.2) is 4.68 Å². The lowest BCUT2D eigenvalue weighted by Crippen LogP contribution is -2.17. The Morgan fingerprint density at radius 2 is 2.03 bits per heavy atom. The zero-order valence-corrected chi connectivity index (χ0v) is 20.0. The molecular formula is C21H24BrClN4O2S. The molecule has 0 radical (unpaired) electrons. The maximum Gasteiger partial charge on any atom is 0.214 e. The lowest BCUT2D eigenvalue weighted by molar-refractivity contribution is 0.267. The summed E-state index contributed by atoms with van der Waals surface area (Å²) in [7, 11) is 0. The standard InChI is InChI=1S/C21H24BrClN4O2S/c1-3-7-19-25-26-21(30)27(19)24-12-14-10-16(22)20(18(11-14)28-4-2)29-13-15-8-5-6-9-17(15)23/h5-6,8-11,24H,3-4,7,12-13H2,1-2H3,(H,26,30). The summed E-state index contributed by atoms with van der Waals surface area (Å²) in [5, 5.41) is 7.78. The molecule has 0 saturated heterocycles. The number of ether oxygens (including phenoxy) is 2. The molecule has 2 N–H and O–H groups in total. The largest absolute Gasteiger partial charge is 0.490 e. The Bertz CT molecular complexity index is 1050. The molecule has 0 amide bonds. The van der Waals surface area contributed by atoms with Gasteiger partial charge in [-0.1, -0.05) is 36.7 Å². The number of rotatable bonds is 10. The van der Waals surface area contributed by atoms with Crippen LogP contribution in [-0.4, -0.2) is 21.5 Å². The zero-order chi connectivity index (χ0) is 21.5.